The van der Waals surface area contributed by atoms with Crippen LogP contribution in [0, 0.1) is 0 Å². The van der Waals surface area contributed by atoms with Gasteiger partial charge in [0.2, 0.25) is 11.8 Å². The molecule has 0 radical (unpaired) electrons. The van der Waals surface area contributed by atoms with Crippen LogP contribution in [0.15, 0.2) is 17.5 Å². The first-order chi connectivity index (χ1) is 10.7. The van der Waals surface area contributed by atoms with Gasteiger partial charge in [0.25, 0.3) is 0 Å². The van der Waals surface area contributed by atoms with Crippen LogP contribution in [0.4, 0.5) is 0 Å². The molecule has 0 saturated carbocycles. The Hall–Kier alpha value is -1.40. The van der Waals surface area contributed by atoms with E-state index in [1.54, 1.807) is 11.3 Å². The number of amides is 2. The zero-order valence-corrected chi connectivity index (χ0v) is 13.8. The van der Waals surface area contributed by atoms with E-state index >= 15 is 0 Å². The van der Waals surface area contributed by atoms with Crippen LogP contribution in [0.25, 0.3) is 0 Å². The minimum absolute atomic E-state index is 0.0857. The molecule has 1 N–H and O–H groups in total. The summed E-state index contributed by atoms with van der Waals surface area (Å²) in [6.45, 7) is 5.50. The van der Waals surface area contributed by atoms with E-state index in [1.807, 2.05) is 34.2 Å². The van der Waals surface area contributed by atoms with Crippen LogP contribution in [-0.4, -0.2) is 60.4 Å². The lowest BCUT2D eigenvalue weighted by molar-refractivity contribution is -0.141. The van der Waals surface area contributed by atoms with Crippen LogP contribution < -0.4 is 5.32 Å². The second kappa shape index (κ2) is 6.79. The molecule has 2 unspecified atom stereocenters. The highest BCUT2D eigenvalue weighted by atomic mass is 32.1. The number of nitrogens with one attached hydrogen (secondary N) is 1. The Bertz CT molecular complexity index is 532. The molecule has 5 nitrogen and oxygen atoms in total. The third kappa shape index (κ3) is 3.17. The zero-order chi connectivity index (χ0) is 15.5. The normalized spacial score (nSPS) is 24.4. The third-order valence-corrected chi connectivity index (χ3v) is 5.67. The van der Waals surface area contributed by atoms with Gasteiger partial charge < -0.3 is 15.1 Å². The number of likely N-dealkylation sites (tertiary alicyclic amines) is 1. The van der Waals surface area contributed by atoms with E-state index in [9.17, 15) is 9.59 Å². The fourth-order valence-electron chi connectivity index (χ4n) is 3.35. The zero-order valence-electron chi connectivity index (χ0n) is 13.0. The molecule has 120 valence electrons. The minimum atomic E-state index is -0.0857. The predicted molar refractivity (Wildman–Crippen MR) is 86.9 cm³/mol. The SMILES string of the molecule is CC(C(=O)N1CCCC(N2CCNCC2=O)C1)c1cccs1. The van der Waals surface area contributed by atoms with Crippen molar-refractivity contribution in [2.45, 2.75) is 31.7 Å². The predicted octanol–water partition coefficient (Wildman–Crippen LogP) is 1.27. The molecule has 22 heavy (non-hydrogen) atoms. The lowest BCUT2D eigenvalue weighted by Crippen LogP contribution is -2.57. The summed E-state index contributed by atoms with van der Waals surface area (Å²) in [5, 5.41) is 5.12. The number of thiophene rings is 1. The molecule has 1 aromatic heterocycles. The highest BCUT2D eigenvalue weighted by Gasteiger charge is 2.33. The van der Waals surface area contributed by atoms with E-state index in [0.717, 1.165) is 37.4 Å². The van der Waals surface area contributed by atoms with Crippen LogP contribution in [-0.2, 0) is 9.59 Å². The van der Waals surface area contributed by atoms with Gasteiger partial charge >= 0.3 is 0 Å². The standard InChI is InChI=1S/C16H23N3O2S/c1-12(14-5-3-9-22-14)16(21)18-7-2-4-13(11-18)19-8-6-17-10-15(19)20/h3,5,9,12-13,17H,2,4,6-8,10-11H2,1H3. The summed E-state index contributed by atoms with van der Waals surface area (Å²) >= 11 is 1.63. The lowest BCUT2D eigenvalue weighted by atomic mass is 10.0. The highest BCUT2D eigenvalue weighted by Crippen LogP contribution is 2.25. The number of rotatable bonds is 3. The Morgan fingerprint density at radius 2 is 2.32 bits per heavy atom. The fourth-order valence-corrected chi connectivity index (χ4v) is 4.13. The Morgan fingerprint density at radius 3 is 3.05 bits per heavy atom. The minimum Gasteiger partial charge on any atom is -0.340 e. The van der Waals surface area contributed by atoms with Gasteiger partial charge in [0.1, 0.15) is 0 Å². The molecule has 3 heterocycles. The van der Waals surface area contributed by atoms with Gasteiger partial charge in [-0.05, 0) is 31.2 Å². The topological polar surface area (TPSA) is 52.7 Å². The van der Waals surface area contributed by atoms with Crippen molar-refractivity contribution in [1.82, 2.24) is 15.1 Å². The van der Waals surface area contributed by atoms with Gasteiger partial charge in [-0.25, -0.2) is 0 Å². The summed E-state index contributed by atoms with van der Waals surface area (Å²) in [4.78, 5) is 29.8. The van der Waals surface area contributed by atoms with Gasteiger partial charge in [0.15, 0.2) is 0 Å². The molecule has 0 bridgehead atoms. The number of piperidine rings is 1. The van der Waals surface area contributed by atoms with Crippen LogP contribution >= 0.6 is 11.3 Å². The third-order valence-electron chi connectivity index (χ3n) is 4.62. The van der Waals surface area contributed by atoms with Crippen LogP contribution in [0.2, 0.25) is 0 Å². The van der Waals surface area contributed by atoms with E-state index in [2.05, 4.69) is 5.32 Å². The Morgan fingerprint density at radius 1 is 1.45 bits per heavy atom. The summed E-state index contributed by atoms with van der Waals surface area (Å²) in [5.41, 5.74) is 0. The van der Waals surface area contributed by atoms with Crippen molar-refractivity contribution in [3.05, 3.63) is 22.4 Å². The van der Waals surface area contributed by atoms with Crippen molar-refractivity contribution in [3.8, 4) is 0 Å². The fraction of sp³-hybridized carbons (Fsp3) is 0.625. The first-order valence-electron chi connectivity index (χ1n) is 7.99. The molecule has 0 aromatic carbocycles. The summed E-state index contributed by atoms with van der Waals surface area (Å²) in [6.07, 6.45) is 1.98. The van der Waals surface area contributed by atoms with Crippen LogP contribution in [0.5, 0.6) is 0 Å². The number of carbonyl (C=O) groups excluding carboxylic acids is 2. The number of hydrogen-bond donors (Lipinski definition) is 1. The smallest absolute Gasteiger partial charge is 0.236 e. The first-order valence-corrected chi connectivity index (χ1v) is 8.87. The maximum Gasteiger partial charge on any atom is 0.236 e. The van der Waals surface area contributed by atoms with Crippen molar-refractivity contribution >= 4 is 23.2 Å². The molecule has 2 aliphatic heterocycles. The van der Waals surface area contributed by atoms with Crippen molar-refractivity contribution in [2.24, 2.45) is 0 Å². The Labute approximate surface area is 135 Å². The van der Waals surface area contributed by atoms with Gasteiger partial charge in [-0.15, -0.1) is 11.3 Å². The van der Waals surface area contributed by atoms with Gasteiger partial charge in [-0.3, -0.25) is 9.59 Å². The van der Waals surface area contributed by atoms with Gasteiger partial charge in [0, 0.05) is 37.1 Å². The maximum absolute atomic E-state index is 12.7. The van der Waals surface area contributed by atoms with E-state index in [4.69, 9.17) is 0 Å². The molecule has 2 amide bonds. The second-order valence-electron chi connectivity index (χ2n) is 6.08. The Balaban J connectivity index is 1.65. The molecular weight excluding hydrogens is 298 g/mol. The summed E-state index contributed by atoms with van der Waals surface area (Å²) in [5.74, 6) is 0.268. The van der Waals surface area contributed by atoms with Gasteiger partial charge in [0.05, 0.1) is 12.5 Å². The molecule has 2 atom stereocenters. The van der Waals surface area contributed by atoms with E-state index in [1.165, 1.54) is 0 Å². The van der Waals surface area contributed by atoms with Crippen molar-refractivity contribution in [1.29, 1.82) is 0 Å². The quantitative estimate of drug-likeness (QED) is 0.912. The van der Waals surface area contributed by atoms with E-state index in [0.29, 0.717) is 13.1 Å². The maximum atomic E-state index is 12.7. The van der Waals surface area contributed by atoms with Crippen LogP contribution in [0.1, 0.15) is 30.6 Å². The van der Waals surface area contributed by atoms with Gasteiger partial charge in [-0.2, -0.15) is 0 Å². The largest absolute Gasteiger partial charge is 0.340 e. The highest BCUT2D eigenvalue weighted by molar-refractivity contribution is 7.10. The second-order valence-corrected chi connectivity index (χ2v) is 7.06. The molecule has 0 spiro atoms. The van der Waals surface area contributed by atoms with Crippen molar-refractivity contribution in [3.63, 3.8) is 0 Å². The number of piperazine rings is 1. The molecule has 6 heteroatoms. The number of nitrogens with zero attached hydrogens (tertiary/aromatic N) is 2. The summed E-state index contributed by atoms with van der Waals surface area (Å²) < 4.78 is 0. The molecule has 0 aliphatic carbocycles. The average Bonchev–Trinajstić information content (AvgIpc) is 3.08. The molecule has 1 aromatic rings. The molecule has 3 rings (SSSR count). The summed E-state index contributed by atoms with van der Waals surface area (Å²) in [6, 6.07) is 4.19. The van der Waals surface area contributed by atoms with Crippen molar-refractivity contribution < 1.29 is 9.59 Å². The summed E-state index contributed by atoms with van der Waals surface area (Å²) in [7, 11) is 0. The number of carbonyl (C=O) groups is 2. The van der Waals surface area contributed by atoms with Gasteiger partial charge in [-0.1, -0.05) is 6.07 Å². The molecule has 2 aliphatic rings. The number of hydrogen-bond acceptors (Lipinski definition) is 4. The molecule has 2 saturated heterocycles. The average molecular weight is 321 g/mol. The molecule has 2 fully saturated rings. The van der Waals surface area contributed by atoms with Crippen molar-refractivity contribution in [2.75, 3.05) is 32.7 Å². The van der Waals surface area contributed by atoms with Crippen LogP contribution in [0.3, 0.4) is 0 Å². The van der Waals surface area contributed by atoms with E-state index < -0.39 is 0 Å². The first kappa shape index (κ1) is 15.5. The molecular formula is C16H23N3O2S. The lowest BCUT2D eigenvalue weighted by Gasteiger charge is -2.41. The van der Waals surface area contributed by atoms with E-state index in [-0.39, 0.29) is 23.8 Å². The Kier molecular flexibility index (Phi) is 4.78. The monoisotopic (exact) mass is 321 g/mol.